The Labute approximate surface area is 183 Å². The topological polar surface area (TPSA) is 83.7 Å². The SMILES string of the molecule is CCCC[C@H]1CN(c2cccc(-c3ccccc3)c2)C(=O)CN1C(=O)C1(C(N)=O)CC1. The second kappa shape index (κ2) is 8.53. The van der Waals surface area contributed by atoms with Crippen molar-refractivity contribution >= 4 is 23.4 Å². The molecular weight excluding hydrogens is 390 g/mol. The highest BCUT2D eigenvalue weighted by Gasteiger charge is 2.58. The number of carbonyl (C=O) groups excluding carboxylic acids is 3. The van der Waals surface area contributed by atoms with E-state index in [-0.39, 0.29) is 24.4 Å². The molecule has 0 aromatic heterocycles. The number of hydrogen-bond donors (Lipinski definition) is 1. The first-order valence-corrected chi connectivity index (χ1v) is 11.0. The van der Waals surface area contributed by atoms with E-state index in [4.69, 9.17) is 5.73 Å². The molecule has 6 nitrogen and oxygen atoms in total. The van der Waals surface area contributed by atoms with Crippen LogP contribution in [-0.2, 0) is 14.4 Å². The van der Waals surface area contributed by atoms with Crippen LogP contribution in [0.4, 0.5) is 5.69 Å². The maximum atomic E-state index is 13.2. The molecule has 162 valence electrons. The van der Waals surface area contributed by atoms with E-state index in [1.165, 1.54) is 0 Å². The highest BCUT2D eigenvalue weighted by atomic mass is 16.2. The Bertz CT molecular complexity index is 985. The van der Waals surface area contributed by atoms with Crippen LogP contribution < -0.4 is 10.6 Å². The Morgan fingerprint density at radius 1 is 1.06 bits per heavy atom. The van der Waals surface area contributed by atoms with Gasteiger partial charge in [-0.05, 0) is 42.5 Å². The third-order valence-corrected chi connectivity index (χ3v) is 6.49. The van der Waals surface area contributed by atoms with Crippen molar-refractivity contribution in [3.8, 4) is 11.1 Å². The van der Waals surface area contributed by atoms with Crippen LogP contribution >= 0.6 is 0 Å². The van der Waals surface area contributed by atoms with E-state index < -0.39 is 11.3 Å². The molecule has 2 fully saturated rings. The van der Waals surface area contributed by atoms with E-state index in [2.05, 4.69) is 6.92 Å². The molecule has 3 amide bonds. The van der Waals surface area contributed by atoms with Crippen molar-refractivity contribution in [3.63, 3.8) is 0 Å². The first kappa shape index (κ1) is 21.1. The summed E-state index contributed by atoms with van der Waals surface area (Å²) < 4.78 is 0. The molecule has 1 heterocycles. The average molecular weight is 420 g/mol. The van der Waals surface area contributed by atoms with E-state index in [0.29, 0.717) is 19.4 Å². The molecule has 1 aliphatic heterocycles. The predicted octanol–water partition coefficient (Wildman–Crippen LogP) is 3.35. The monoisotopic (exact) mass is 419 g/mol. The summed E-state index contributed by atoms with van der Waals surface area (Å²) in [5.41, 5.74) is 7.39. The molecule has 0 spiro atoms. The van der Waals surface area contributed by atoms with Crippen LogP contribution in [0.2, 0.25) is 0 Å². The van der Waals surface area contributed by atoms with Crippen LogP contribution in [-0.4, -0.2) is 41.8 Å². The molecule has 1 saturated carbocycles. The Balaban J connectivity index is 1.60. The van der Waals surface area contributed by atoms with Crippen LogP contribution in [0.15, 0.2) is 54.6 Å². The Morgan fingerprint density at radius 3 is 2.42 bits per heavy atom. The summed E-state index contributed by atoms with van der Waals surface area (Å²) in [5, 5.41) is 0. The van der Waals surface area contributed by atoms with E-state index in [0.717, 1.165) is 36.1 Å². The fraction of sp³-hybridized carbons (Fsp3) is 0.400. The van der Waals surface area contributed by atoms with Crippen LogP contribution in [0.5, 0.6) is 0 Å². The van der Waals surface area contributed by atoms with Gasteiger partial charge in [-0.1, -0.05) is 62.2 Å². The van der Waals surface area contributed by atoms with Crippen LogP contribution in [0, 0.1) is 5.41 Å². The molecule has 6 heteroatoms. The maximum absolute atomic E-state index is 13.2. The molecule has 0 bridgehead atoms. The van der Waals surface area contributed by atoms with Crippen LogP contribution in [0.3, 0.4) is 0 Å². The van der Waals surface area contributed by atoms with Crippen molar-refractivity contribution in [1.82, 2.24) is 4.90 Å². The van der Waals surface area contributed by atoms with Crippen molar-refractivity contribution in [2.24, 2.45) is 11.1 Å². The van der Waals surface area contributed by atoms with Gasteiger partial charge in [0.25, 0.3) is 0 Å². The zero-order chi connectivity index (χ0) is 22.0. The van der Waals surface area contributed by atoms with Gasteiger partial charge in [0.1, 0.15) is 12.0 Å². The highest BCUT2D eigenvalue weighted by molar-refractivity contribution is 6.09. The lowest BCUT2D eigenvalue weighted by atomic mass is 9.98. The largest absolute Gasteiger partial charge is 0.369 e. The van der Waals surface area contributed by atoms with Crippen molar-refractivity contribution in [3.05, 3.63) is 54.6 Å². The molecule has 2 aromatic rings. The fourth-order valence-corrected chi connectivity index (χ4v) is 4.39. The Hall–Kier alpha value is -3.15. The quantitative estimate of drug-likeness (QED) is 0.699. The van der Waals surface area contributed by atoms with Gasteiger partial charge in [-0.25, -0.2) is 0 Å². The summed E-state index contributed by atoms with van der Waals surface area (Å²) in [6.45, 7) is 2.52. The van der Waals surface area contributed by atoms with Crippen molar-refractivity contribution in [1.29, 1.82) is 0 Å². The molecule has 1 saturated heterocycles. The summed E-state index contributed by atoms with van der Waals surface area (Å²) in [4.78, 5) is 41.6. The van der Waals surface area contributed by atoms with Gasteiger partial charge < -0.3 is 15.5 Å². The normalized spacial score (nSPS) is 19.9. The minimum atomic E-state index is -1.10. The number of nitrogens with two attached hydrogens (primary N) is 1. The summed E-state index contributed by atoms with van der Waals surface area (Å²) in [6, 6.07) is 17.9. The number of carbonyl (C=O) groups is 3. The molecular formula is C25H29N3O3. The zero-order valence-corrected chi connectivity index (χ0v) is 17.9. The van der Waals surface area contributed by atoms with Gasteiger partial charge in [-0.2, -0.15) is 0 Å². The van der Waals surface area contributed by atoms with Gasteiger partial charge in [0.15, 0.2) is 0 Å². The van der Waals surface area contributed by atoms with Crippen molar-refractivity contribution < 1.29 is 14.4 Å². The smallest absolute Gasteiger partial charge is 0.246 e. The number of amides is 3. The standard InChI is InChI=1S/C25H29N3O3/c1-2-3-11-21-16-27(20-12-7-10-19(15-20)18-8-5-4-6-9-18)22(29)17-28(21)24(31)25(13-14-25)23(26)30/h4-10,12,15,21H,2-3,11,13-14,16-17H2,1H3,(H2,26,30)/t21-/m0/s1. The molecule has 2 N–H and O–H groups in total. The molecule has 4 rings (SSSR count). The van der Waals surface area contributed by atoms with Gasteiger partial charge in [-0.3, -0.25) is 14.4 Å². The number of hydrogen-bond acceptors (Lipinski definition) is 3. The van der Waals surface area contributed by atoms with Gasteiger partial charge in [0.05, 0.1) is 6.04 Å². The van der Waals surface area contributed by atoms with Gasteiger partial charge in [0, 0.05) is 12.2 Å². The van der Waals surface area contributed by atoms with Crippen LogP contribution in [0.1, 0.15) is 39.0 Å². The summed E-state index contributed by atoms with van der Waals surface area (Å²) in [6.07, 6.45) is 3.70. The lowest BCUT2D eigenvalue weighted by Gasteiger charge is -2.42. The van der Waals surface area contributed by atoms with E-state index in [1.54, 1.807) is 9.80 Å². The van der Waals surface area contributed by atoms with Crippen LogP contribution in [0.25, 0.3) is 11.1 Å². The zero-order valence-electron chi connectivity index (χ0n) is 17.9. The summed E-state index contributed by atoms with van der Waals surface area (Å²) in [7, 11) is 0. The predicted molar refractivity (Wildman–Crippen MR) is 120 cm³/mol. The Morgan fingerprint density at radius 2 is 1.77 bits per heavy atom. The highest BCUT2D eigenvalue weighted by Crippen LogP contribution is 2.47. The molecule has 1 atom stereocenters. The first-order chi connectivity index (χ1) is 15.0. The van der Waals surface area contributed by atoms with E-state index in [1.807, 2.05) is 54.6 Å². The van der Waals surface area contributed by atoms with Gasteiger partial charge >= 0.3 is 0 Å². The van der Waals surface area contributed by atoms with Gasteiger partial charge in [0.2, 0.25) is 17.7 Å². The third kappa shape index (κ3) is 4.07. The summed E-state index contributed by atoms with van der Waals surface area (Å²) in [5.74, 6) is -0.976. The second-order valence-electron chi connectivity index (χ2n) is 8.60. The minimum absolute atomic E-state index is 0.0161. The number of nitrogens with zero attached hydrogens (tertiary/aromatic N) is 2. The molecule has 2 aromatic carbocycles. The number of unbranched alkanes of at least 4 members (excludes halogenated alkanes) is 1. The number of primary amides is 1. The van der Waals surface area contributed by atoms with Crippen molar-refractivity contribution in [2.45, 2.75) is 45.1 Å². The molecule has 0 unspecified atom stereocenters. The lowest BCUT2D eigenvalue weighted by molar-refractivity contribution is -0.148. The van der Waals surface area contributed by atoms with Gasteiger partial charge in [-0.15, -0.1) is 0 Å². The van der Waals surface area contributed by atoms with Crippen molar-refractivity contribution in [2.75, 3.05) is 18.0 Å². The summed E-state index contributed by atoms with van der Waals surface area (Å²) >= 11 is 0. The number of rotatable bonds is 7. The number of piperazine rings is 1. The number of anilines is 1. The molecule has 31 heavy (non-hydrogen) atoms. The Kier molecular flexibility index (Phi) is 5.81. The lowest BCUT2D eigenvalue weighted by Crippen LogP contribution is -2.60. The maximum Gasteiger partial charge on any atom is 0.246 e. The first-order valence-electron chi connectivity index (χ1n) is 11.0. The molecule has 0 radical (unpaired) electrons. The third-order valence-electron chi connectivity index (χ3n) is 6.49. The average Bonchev–Trinajstić information content (AvgIpc) is 3.60. The molecule has 2 aliphatic rings. The van der Waals surface area contributed by atoms with E-state index in [9.17, 15) is 14.4 Å². The van der Waals surface area contributed by atoms with E-state index >= 15 is 0 Å². The fourth-order valence-electron chi connectivity index (χ4n) is 4.39. The number of benzene rings is 2. The molecule has 1 aliphatic carbocycles. The minimum Gasteiger partial charge on any atom is -0.369 e. The second-order valence-corrected chi connectivity index (χ2v) is 8.60.